The van der Waals surface area contributed by atoms with Crippen LogP contribution in [0.5, 0.6) is 11.5 Å². The molecule has 1 aromatic carbocycles. The molecule has 34 heavy (non-hydrogen) atoms. The molecular formula is C26H34N2O6. The lowest BCUT2D eigenvalue weighted by molar-refractivity contribution is -0.140. The van der Waals surface area contributed by atoms with E-state index in [-0.39, 0.29) is 11.3 Å². The molecule has 0 aliphatic carbocycles. The number of aliphatic hydroxyl groups excluding tert-OH is 1. The number of carbonyl (C=O) groups excluding carboxylic acids is 2. The molecular weight excluding hydrogens is 436 g/mol. The summed E-state index contributed by atoms with van der Waals surface area (Å²) in [6, 6.07) is 7.70. The van der Waals surface area contributed by atoms with Crippen LogP contribution in [0.3, 0.4) is 0 Å². The molecule has 0 spiro atoms. The highest BCUT2D eigenvalue weighted by molar-refractivity contribution is 6.46. The Balaban J connectivity index is 2.12. The van der Waals surface area contributed by atoms with Crippen molar-refractivity contribution < 1.29 is 28.6 Å². The van der Waals surface area contributed by atoms with Crippen molar-refractivity contribution in [1.82, 2.24) is 9.80 Å². The van der Waals surface area contributed by atoms with E-state index < -0.39 is 17.7 Å². The third kappa shape index (κ3) is 5.12. The van der Waals surface area contributed by atoms with Crippen molar-refractivity contribution in [2.75, 3.05) is 39.4 Å². The van der Waals surface area contributed by atoms with E-state index in [1.807, 2.05) is 27.7 Å². The maximum absolute atomic E-state index is 13.2. The van der Waals surface area contributed by atoms with Gasteiger partial charge in [0, 0.05) is 19.2 Å². The predicted octanol–water partition coefficient (Wildman–Crippen LogP) is 4.15. The molecule has 1 amide bonds. The monoisotopic (exact) mass is 470 g/mol. The fourth-order valence-corrected chi connectivity index (χ4v) is 4.17. The molecule has 1 aromatic heterocycles. The first-order valence-electron chi connectivity index (χ1n) is 11.8. The Hall–Kier alpha value is -3.26. The van der Waals surface area contributed by atoms with E-state index in [9.17, 15) is 14.7 Å². The molecule has 8 nitrogen and oxygen atoms in total. The number of ether oxygens (including phenoxy) is 2. The Labute approximate surface area is 200 Å². The molecule has 0 radical (unpaired) electrons. The SMILES string of the molecule is CCOc1ccc(/C(O)=C2/C(=O)C(=O)N(CCN(CC)CC)C2c2ccc(C)o2)c(OCC)c1. The van der Waals surface area contributed by atoms with Gasteiger partial charge < -0.3 is 28.8 Å². The summed E-state index contributed by atoms with van der Waals surface area (Å²) in [7, 11) is 0. The number of Topliss-reactive ketones (excluding diaryl/α,β-unsaturated/α-hetero) is 1. The summed E-state index contributed by atoms with van der Waals surface area (Å²) in [6.45, 7) is 13.0. The number of rotatable bonds is 11. The number of hydrogen-bond acceptors (Lipinski definition) is 7. The quantitative estimate of drug-likeness (QED) is 0.300. The number of amides is 1. The molecule has 1 unspecified atom stereocenters. The lowest BCUT2D eigenvalue weighted by Gasteiger charge is -2.26. The lowest BCUT2D eigenvalue weighted by Crippen LogP contribution is -2.37. The smallest absolute Gasteiger partial charge is 0.295 e. The molecule has 1 N–H and O–H groups in total. The molecule has 0 saturated carbocycles. The second kappa shape index (κ2) is 11.2. The van der Waals surface area contributed by atoms with E-state index in [0.29, 0.717) is 54.9 Å². The zero-order valence-electron chi connectivity index (χ0n) is 20.6. The summed E-state index contributed by atoms with van der Waals surface area (Å²) in [5.41, 5.74) is 0.310. The minimum atomic E-state index is -0.828. The van der Waals surface area contributed by atoms with Gasteiger partial charge in [-0.1, -0.05) is 13.8 Å². The van der Waals surface area contributed by atoms with Gasteiger partial charge in [0.15, 0.2) is 0 Å². The van der Waals surface area contributed by atoms with Crippen LogP contribution in [0.25, 0.3) is 5.76 Å². The van der Waals surface area contributed by atoms with Crippen LogP contribution in [0.2, 0.25) is 0 Å². The van der Waals surface area contributed by atoms with Crippen LogP contribution in [-0.4, -0.2) is 66.0 Å². The Bertz CT molecular complexity index is 1050. The summed E-state index contributed by atoms with van der Waals surface area (Å²) < 4.78 is 17.1. The Morgan fingerprint density at radius 1 is 1.06 bits per heavy atom. The van der Waals surface area contributed by atoms with Crippen LogP contribution in [0.4, 0.5) is 0 Å². The normalized spacial score (nSPS) is 17.6. The number of aliphatic hydroxyl groups is 1. The number of nitrogens with zero attached hydrogens (tertiary/aromatic N) is 2. The number of likely N-dealkylation sites (N-methyl/N-ethyl adjacent to an activating group) is 1. The van der Waals surface area contributed by atoms with E-state index >= 15 is 0 Å². The van der Waals surface area contributed by atoms with Gasteiger partial charge in [-0.05, 0) is 58.1 Å². The standard InChI is InChI=1S/C26H34N2O6/c1-6-27(7-2)14-15-28-23(20-13-10-17(5)34-20)22(25(30)26(28)31)24(29)19-12-11-18(32-8-3)16-21(19)33-9-4/h10-13,16,23,29H,6-9,14-15H2,1-5H3/b24-22-. The third-order valence-corrected chi connectivity index (χ3v) is 5.94. The fraction of sp³-hybridized carbons (Fsp3) is 0.462. The number of hydrogen-bond donors (Lipinski definition) is 1. The van der Waals surface area contributed by atoms with Gasteiger partial charge in [0.05, 0.1) is 24.4 Å². The van der Waals surface area contributed by atoms with Gasteiger partial charge in [0.2, 0.25) is 0 Å². The third-order valence-electron chi connectivity index (χ3n) is 5.94. The molecule has 184 valence electrons. The second-order valence-corrected chi connectivity index (χ2v) is 7.99. The lowest BCUT2D eigenvalue weighted by atomic mass is 9.98. The van der Waals surface area contributed by atoms with Gasteiger partial charge >= 0.3 is 0 Å². The zero-order chi connectivity index (χ0) is 24.8. The number of benzene rings is 1. The fourth-order valence-electron chi connectivity index (χ4n) is 4.17. The first-order chi connectivity index (χ1) is 16.4. The maximum Gasteiger partial charge on any atom is 0.295 e. The minimum Gasteiger partial charge on any atom is -0.507 e. The largest absolute Gasteiger partial charge is 0.507 e. The number of likely N-dealkylation sites (tertiary alicyclic amines) is 1. The van der Waals surface area contributed by atoms with Crippen molar-refractivity contribution in [3.63, 3.8) is 0 Å². The van der Waals surface area contributed by atoms with Crippen molar-refractivity contribution >= 4 is 17.4 Å². The van der Waals surface area contributed by atoms with Crippen molar-refractivity contribution in [3.05, 3.63) is 53.0 Å². The second-order valence-electron chi connectivity index (χ2n) is 7.99. The Morgan fingerprint density at radius 2 is 1.76 bits per heavy atom. The van der Waals surface area contributed by atoms with Gasteiger partial charge in [-0.25, -0.2) is 0 Å². The van der Waals surface area contributed by atoms with Crippen LogP contribution >= 0.6 is 0 Å². The molecule has 2 heterocycles. The molecule has 1 fully saturated rings. The highest BCUT2D eigenvalue weighted by atomic mass is 16.5. The number of ketones is 1. The molecule has 8 heteroatoms. The highest BCUT2D eigenvalue weighted by Gasteiger charge is 2.47. The molecule has 1 atom stereocenters. The molecule has 1 saturated heterocycles. The van der Waals surface area contributed by atoms with E-state index in [2.05, 4.69) is 4.90 Å². The van der Waals surface area contributed by atoms with Gasteiger partial charge in [-0.15, -0.1) is 0 Å². The summed E-state index contributed by atoms with van der Waals surface area (Å²) in [6.07, 6.45) is 0. The van der Waals surface area contributed by atoms with Crippen molar-refractivity contribution in [3.8, 4) is 11.5 Å². The number of furan rings is 1. The summed E-state index contributed by atoms with van der Waals surface area (Å²) >= 11 is 0. The van der Waals surface area contributed by atoms with Crippen LogP contribution in [0, 0.1) is 6.92 Å². The van der Waals surface area contributed by atoms with Crippen LogP contribution in [0.1, 0.15) is 50.8 Å². The molecule has 2 aromatic rings. The zero-order valence-corrected chi connectivity index (χ0v) is 20.6. The summed E-state index contributed by atoms with van der Waals surface area (Å²) in [4.78, 5) is 30.0. The number of carbonyl (C=O) groups is 2. The van der Waals surface area contributed by atoms with E-state index in [1.54, 1.807) is 37.3 Å². The Morgan fingerprint density at radius 3 is 2.35 bits per heavy atom. The molecule has 1 aliphatic heterocycles. The van der Waals surface area contributed by atoms with Crippen LogP contribution < -0.4 is 9.47 Å². The van der Waals surface area contributed by atoms with Gasteiger partial charge in [0.25, 0.3) is 11.7 Å². The first kappa shape index (κ1) is 25.4. The Kier molecular flexibility index (Phi) is 8.39. The molecule has 1 aliphatic rings. The van der Waals surface area contributed by atoms with E-state index in [4.69, 9.17) is 13.9 Å². The molecule has 3 rings (SSSR count). The van der Waals surface area contributed by atoms with Gasteiger partial charge in [-0.3, -0.25) is 9.59 Å². The molecule has 0 bridgehead atoms. The van der Waals surface area contributed by atoms with Gasteiger partial charge in [-0.2, -0.15) is 0 Å². The van der Waals surface area contributed by atoms with Crippen molar-refractivity contribution in [2.24, 2.45) is 0 Å². The number of aryl methyl sites for hydroxylation is 1. The van der Waals surface area contributed by atoms with Crippen LogP contribution in [-0.2, 0) is 9.59 Å². The van der Waals surface area contributed by atoms with E-state index in [1.165, 1.54) is 4.90 Å². The predicted molar refractivity (Wildman–Crippen MR) is 129 cm³/mol. The van der Waals surface area contributed by atoms with Gasteiger partial charge in [0.1, 0.15) is 34.8 Å². The average molecular weight is 471 g/mol. The summed E-state index contributed by atoms with van der Waals surface area (Å²) in [5, 5.41) is 11.4. The van der Waals surface area contributed by atoms with E-state index in [0.717, 1.165) is 13.1 Å². The van der Waals surface area contributed by atoms with Crippen molar-refractivity contribution in [2.45, 2.75) is 40.7 Å². The average Bonchev–Trinajstić information content (AvgIpc) is 3.36. The summed E-state index contributed by atoms with van der Waals surface area (Å²) in [5.74, 6) is 0.343. The van der Waals surface area contributed by atoms with Crippen molar-refractivity contribution in [1.29, 1.82) is 0 Å². The minimum absolute atomic E-state index is 0.0102. The van der Waals surface area contributed by atoms with Crippen LogP contribution in [0.15, 0.2) is 40.3 Å². The highest BCUT2D eigenvalue weighted by Crippen LogP contribution is 2.42. The maximum atomic E-state index is 13.2. The topological polar surface area (TPSA) is 92.5 Å². The first-order valence-corrected chi connectivity index (χ1v) is 11.8.